The number of rotatable bonds is 0. The molecule has 4 heterocycles. The van der Waals surface area contributed by atoms with Gasteiger partial charge >= 0.3 is 0 Å². The van der Waals surface area contributed by atoms with Crippen molar-refractivity contribution in [1.82, 2.24) is 0 Å². The largest absolute Gasteiger partial charge is 0.456 e. The van der Waals surface area contributed by atoms with Crippen LogP contribution in [0.25, 0.3) is 140 Å². The Morgan fingerprint density at radius 2 is 0.500 bits per heavy atom. The number of para-hydroxylation sites is 3. The highest BCUT2D eigenvalue weighted by atomic mass is 32.1. The average Bonchev–Trinajstić information content (AvgIpc) is 1.67. The lowest BCUT2D eigenvalue weighted by Gasteiger charge is -2.04. The Hall–Kier alpha value is -13.1. The van der Waals surface area contributed by atoms with Gasteiger partial charge in [-0.1, -0.05) is 312 Å². The van der Waals surface area contributed by atoms with Crippen LogP contribution >= 0.6 is 11.3 Å². The van der Waals surface area contributed by atoms with Gasteiger partial charge in [0.05, 0.1) is 0 Å². The average molecular weight is 1580 g/mol. The number of hydrogen-bond donors (Lipinski definition) is 0. The van der Waals surface area contributed by atoms with Crippen molar-refractivity contribution in [2.24, 2.45) is 0 Å². The molecule has 0 fully saturated rings. The fourth-order valence-electron chi connectivity index (χ4n) is 16.2. The monoisotopic (exact) mass is 1580 g/mol. The third kappa shape index (κ3) is 19.2. The molecule has 22 rings (SSSR count). The Bertz CT molecular complexity index is 7010. The van der Waals surface area contributed by atoms with Gasteiger partial charge in [0, 0.05) is 52.5 Å². The van der Waals surface area contributed by atoms with E-state index in [1.807, 2.05) is 35.6 Å². The fraction of sp³-hybridized carbons (Fsp3) is 0.155. The molecule has 0 aliphatic rings. The summed E-state index contributed by atoms with van der Waals surface area (Å²) in [4.78, 5) is 0. The molecule has 22 aromatic rings. The van der Waals surface area contributed by atoms with E-state index in [4.69, 9.17) is 13.3 Å². The first-order valence-electron chi connectivity index (χ1n) is 41.7. The Kier molecular flexibility index (Phi) is 25.9. The maximum absolute atomic E-state index is 5.91. The third-order valence-corrected chi connectivity index (χ3v) is 24.0. The molecule has 0 aliphatic carbocycles. The van der Waals surface area contributed by atoms with E-state index in [-0.39, 0.29) is 0 Å². The topological polar surface area (TPSA) is 39.4 Å². The molecule has 18 aromatic carbocycles. The van der Waals surface area contributed by atoms with Crippen LogP contribution in [0.4, 0.5) is 0 Å². The highest BCUT2D eigenvalue weighted by Crippen LogP contribution is 2.38. The van der Waals surface area contributed by atoms with Crippen molar-refractivity contribution < 1.29 is 13.3 Å². The number of furan rings is 3. The van der Waals surface area contributed by atoms with E-state index in [2.05, 4.69) is 428 Å². The third-order valence-electron chi connectivity index (χ3n) is 22.8. The zero-order valence-electron chi connectivity index (χ0n) is 72.8. The van der Waals surface area contributed by atoms with Crippen molar-refractivity contribution in [3.05, 3.63) is 428 Å². The van der Waals surface area contributed by atoms with E-state index in [9.17, 15) is 0 Å². The molecular formula is C116H108O3S. The van der Waals surface area contributed by atoms with Crippen LogP contribution in [0.15, 0.2) is 341 Å². The summed E-state index contributed by atoms with van der Waals surface area (Å²) < 4.78 is 20.3. The van der Waals surface area contributed by atoms with E-state index in [1.165, 1.54) is 206 Å². The van der Waals surface area contributed by atoms with Gasteiger partial charge < -0.3 is 13.3 Å². The Morgan fingerprint density at radius 3 is 1.00 bits per heavy atom. The molecule has 0 bridgehead atoms. The molecule has 596 valence electrons. The molecule has 4 aromatic heterocycles. The quantitative estimate of drug-likeness (QED) is 0.152. The fourth-order valence-corrected chi connectivity index (χ4v) is 17.3. The molecule has 0 saturated carbocycles. The van der Waals surface area contributed by atoms with E-state index in [0.717, 1.165) is 33.5 Å². The SMILES string of the molecule is Cc1cc(C)c2ccccc2c1.Cc1cc2ccccc2cc1C.Cc1ccc(C)c2c1oc1ccccc12.Cc1ccc(C)c2ccccc12.Cc1ccc2cc(C)ccc2c1.Cc1ccc2oc3ccc(C)cc3c2c1.Cc1ccc2sc3ccc(C)cc3c2c1.Cc1cccc2c1oc1c(C)cccc12.Cc1cccc2cccc(C)c12. The number of fused-ring (bicyclic) bond motifs is 17. The van der Waals surface area contributed by atoms with Gasteiger partial charge in [-0.05, 0) is 294 Å². The van der Waals surface area contributed by atoms with Crippen LogP contribution in [-0.4, -0.2) is 0 Å². The summed E-state index contributed by atoms with van der Waals surface area (Å²) in [7, 11) is 0. The maximum Gasteiger partial charge on any atom is 0.138 e. The molecule has 0 saturated heterocycles. The van der Waals surface area contributed by atoms with Gasteiger partial charge in [-0.15, -0.1) is 11.3 Å². The van der Waals surface area contributed by atoms with Gasteiger partial charge in [0.2, 0.25) is 0 Å². The zero-order chi connectivity index (χ0) is 84.4. The predicted molar refractivity (Wildman–Crippen MR) is 525 cm³/mol. The molecule has 0 radical (unpaired) electrons. The summed E-state index contributed by atoms with van der Waals surface area (Å²) in [6, 6.07) is 116. The number of aryl methyl sites for hydroxylation is 18. The van der Waals surface area contributed by atoms with Crippen LogP contribution in [0, 0.1) is 125 Å². The van der Waals surface area contributed by atoms with Gasteiger partial charge in [0.15, 0.2) is 0 Å². The summed E-state index contributed by atoms with van der Waals surface area (Å²) in [6.45, 7) is 38.4. The van der Waals surface area contributed by atoms with Gasteiger partial charge in [-0.3, -0.25) is 0 Å². The van der Waals surface area contributed by atoms with Crippen molar-refractivity contribution in [3.8, 4) is 0 Å². The van der Waals surface area contributed by atoms with Gasteiger partial charge in [-0.2, -0.15) is 0 Å². The minimum atomic E-state index is 0.973. The highest BCUT2D eigenvalue weighted by molar-refractivity contribution is 7.25. The molecule has 0 atom stereocenters. The van der Waals surface area contributed by atoms with Crippen molar-refractivity contribution in [1.29, 1.82) is 0 Å². The van der Waals surface area contributed by atoms with Crippen LogP contribution in [0.1, 0.15) is 100 Å². The summed E-state index contributed by atoms with van der Waals surface area (Å²) in [5.74, 6) is 0. The Morgan fingerprint density at radius 1 is 0.158 bits per heavy atom. The lowest BCUT2D eigenvalue weighted by Crippen LogP contribution is -1.81. The molecular weight excluding hydrogens is 1470 g/mol. The summed E-state index contributed by atoms with van der Waals surface area (Å²) in [5.41, 5.74) is 29.6. The molecule has 4 heteroatoms. The molecule has 0 spiro atoms. The summed E-state index contributed by atoms with van der Waals surface area (Å²) in [5, 5.41) is 23.7. The molecule has 0 N–H and O–H groups in total. The molecule has 3 nitrogen and oxygen atoms in total. The van der Waals surface area contributed by atoms with Gasteiger partial charge in [-0.25, -0.2) is 0 Å². The van der Waals surface area contributed by atoms with Crippen LogP contribution < -0.4 is 0 Å². The number of benzene rings is 18. The number of thiophene rings is 1. The van der Waals surface area contributed by atoms with Gasteiger partial charge in [0.25, 0.3) is 0 Å². The second-order valence-corrected chi connectivity index (χ2v) is 33.7. The van der Waals surface area contributed by atoms with Crippen molar-refractivity contribution in [2.75, 3.05) is 0 Å². The first kappa shape index (κ1) is 83.4. The predicted octanol–water partition coefficient (Wildman–Crippen LogP) is 34.6. The number of hydrogen-bond acceptors (Lipinski definition) is 4. The van der Waals surface area contributed by atoms with E-state index >= 15 is 0 Å². The van der Waals surface area contributed by atoms with Crippen LogP contribution in [0.2, 0.25) is 0 Å². The first-order valence-corrected chi connectivity index (χ1v) is 42.5. The van der Waals surface area contributed by atoms with Crippen molar-refractivity contribution in [2.45, 2.75) is 125 Å². The van der Waals surface area contributed by atoms with Crippen molar-refractivity contribution in [3.63, 3.8) is 0 Å². The summed E-state index contributed by atoms with van der Waals surface area (Å²) in [6.07, 6.45) is 0. The maximum atomic E-state index is 5.91. The standard InChI is InChI=1S/3C14H12O.C14H12S.5C12H12/c1-9-3-5-13-11(7-9)12-8-10(2)4-6-14(12)15-13;1-9-5-3-7-11-12-8-4-6-10(2)14(12)15-13(9)11;1-9-7-8-10(2)14-13(9)11-5-3-4-6-12(11)15-14;1-9-3-5-13-11(7-9)12-8-10(2)4-6-14(12)15-13;1-9-3-5-12-8-10(2)4-6-11(12)7-9;1-9-5-3-7-11-8-4-6-10(2)12(9)11;1-9-7-11-5-3-4-6-12(11)8-10(9)2;1-9-7-10(2)12-6-4-3-5-11(12)8-9;1-9-7-8-10(2)12-6-4-3-5-11(9)12/h4*3-8H,1-2H3;5*3-8H,1-2H3. The second-order valence-electron chi connectivity index (χ2n) is 32.6. The molecule has 0 amide bonds. The molecule has 0 aliphatic heterocycles. The van der Waals surface area contributed by atoms with E-state index in [0.29, 0.717) is 0 Å². The first-order chi connectivity index (χ1) is 57.9. The van der Waals surface area contributed by atoms with Crippen molar-refractivity contribution >= 4 is 151 Å². The molecule has 120 heavy (non-hydrogen) atoms. The Labute approximate surface area is 711 Å². The molecule has 0 unspecified atom stereocenters. The zero-order valence-corrected chi connectivity index (χ0v) is 73.6. The van der Waals surface area contributed by atoms with Gasteiger partial charge in [0.1, 0.15) is 33.5 Å². The van der Waals surface area contributed by atoms with Crippen LogP contribution in [0.5, 0.6) is 0 Å². The van der Waals surface area contributed by atoms with Crippen LogP contribution in [0.3, 0.4) is 0 Å². The normalized spacial score (nSPS) is 10.9. The summed E-state index contributed by atoms with van der Waals surface area (Å²) >= 11 is 1.88. The Balaban J connectivity index is 0.000000111. The van der Waals surface area contributed by atoms with Crippen LogP contribution in [-0.2, 0) is 0 Å². The lowest BCUT2D eigenvalue weighted by molar-refractivity contribution is 0.662. The second kappa shape index (κ2) is 37.2. The van der Waals surface area contributed by atoms with E-state index < -0.39 is 0 Å². The lowest BCUT2D eigenvalue weighted by atomic mass is 10.0. The smallest absolute Gasteiger partial charge is 0.138 e. The minimum Gasteiger partial charge on any atom is -0.456 e. The highest BCUT2D eigenvalue weighted by Gasteiger charge is 2.13. The van der Waals surface area contributed by atoms with E-state index in [1.54, 1.807) is 0 Å². The minimum absolute atomic E-state index is 0.973.